The zero-order valence-corrected chi connectivity index (χ0v) is 10.1. The number of carbonyl (C=O) groups is 1. The number of rotatable bonds is 7. The number of carbonyl (C=O) groups excluding carboxylic acids is 1. The van der Waals surface area contributed by atoms with E-state index in [0.717, 1.165) is 0 Å². The van der Waals surface area contributed by atoms with Crippen LogP contribution in [-0.4, -0.2) is 35.9 Å². The summed E-state index contributed by atoms with van der Waals surface area (Å²) in [6.07, 6.45) is -11.5. The van der Waals surface area contributed by atoms with Crippen molar-refractivity contribution in [3.05, 3.63) is 0 Å². The Kier molecular flexibility index (Phi) is 5.49. The molecule has 0 unspecified atom stereocenters. The Morgan fingerprint density at radius 3 is 1.41 bits per heavy atom. The van der Waals surface area contributed by atoms with Gasteiger partial charge in [0.15, 0.2) is 0 Å². The van der Waals surface area contributed by atoms with Crippen molar-refractivity contribution in [2.75, 3.05) is 0 Å². The quantitative estimate of drug-likeness (QED) is 0.474. The van der Waals surface area contributed by atoms with E-state index in [1.807, 2.05) is 0 Å². The average molecular weight is 358 g/mol. The minimum Gasteiger partial charge on any atom is -0.254 e. The molecule has 0 N–H and O–H groups in total. The highest BCUT2D eigenvalue weighted by molar-refractivity contribution is 5.78. The van der Waals surface area contributed by atoms with Crippen LogP contribution in [-0.2, 0) is 4.79 Å². The molecule has 0 spiro atoms. The van der Waals surface area contributed by atoms with E-state index in [1.165, 1.54) is 0 Å². The van der Waals surface area contributed by atoms with Crippen LogP contribution in [0.3, 0.4) is 0 Å². The van der Waals surface area contributed by atoms with Crippen LogP contribution in [0.5, 0.6) is 0 Å². The van der Waals surface area contributed by atoms with Crippen molar-refractivity contribution in [2.24, 2.45) is 0 Å². The molecule has 0 atom stereocenters. The lowest BCUT2D eigenvalue weighted by Crippen LogP contribution is -2.63. The van der Waals surface area contributed by atoms with Gasteiger partial charge in [-0.2, -0.15) is 52.7 Å². The monoisotopic (exact) mass is 358 g/mol. The van der Waals surface area contributed by atoms with E-state index < -0.39 is 55.2 Å². The molecule has 0 radical (unpaired) electrons. The Morgan fingerprint density at radius 2 is 1.09 bits per heavy atom. The van der Waals surface area contributed by atoms with E-state index in [4.69, 9.17) is 0 Å². The first kappa shape index (κ1) is 20.8. The summed E-state index contributed by atoms with van der Waals surface area (Å²) in [6, 6.07) is -4.29. The van der Waals surface area contributed by atoms with Gasteiger partial charge in [0, 0.05) is 12.8 Å². The highest BCUT2D eigenvalue weighted by atomic mass is 19.4. The standard InChI is InChI=1S/C9H6F12O/c10-4(22)7(16,17)9(20,21)8(18,19)5(11,12)2-1-3-6(13,14)15/h1-3H2. The molecule has 132 valence electrons. The van der Waals surface area contributed by atoms with Gasteiger partial charge in [0.05, 0.1) is 0 Å². The molecule has 0 amide bonds. The number of hydrogen-bond acceptors (Lipinski definition) is 1. The van der Waals surface area contributed by atoms with Crippen molar-refractivity contribution in [3.8, 4) is 0 Å². The van der Waals surface area contributed by atoms with Crippen LogP contribution in [0.1, 0.15) is 19.3 Å². The summed E-state index contributed by atoms with van der Waals surface area (Å²) in [5, 5.41) is 0. The summed E-state index contributed by atoms with van der Waals surface area (Å²) in [5.41, 5.74) is 0. The molecular formula is C9H6F12O. The third-order valence-electron chi connectivity index (χ3n) is 2.45. The van der Waals surface area contributed by atoms with Crippen molar-refractivity contribution in [1.82, 2.24) is 0 Å². The van der Waals surface area contributed by atoms with Gasteiger partial charge in [-0.3, -0.25) is 4.79 Å². The van der Waals surface area contributed by atoms with E-state index in [9.17, 15) is 57.5 Å². The molecule has 0 rings (SSSR count). The Bertz CT molecular complexity index is 409. The molecule has 0 fully saturated rings. The first-order valence-corrected chi connectivity index (χ1v) is 5.18. The summed E-state index contributed by atoms with van der Waals surface area (Å²) >= 11 is 0. The minimum atomic E-state index is -7.15. The Labute approximate surface area is 114 Å². The highest BCUT2D eigenvalue weighted by Crippen LogP contribution is 2.54. The van der Waals surface area contributed by atoms with Crippen LogP contribution in [0.4, 0.5) is 52.7 Å². The van der Waals surface area contributed by atoms with Crippen molar-refractivity contribution in [1.29, 1.82) is 0 Å². The van der Waals surface area contributed by atoms with Gasteiger partial charge in [-0.15, -0.1) is 0 Å². The maximum Gasteiger partial charge on any atom is 0.404 e. The third-order valence-corrected chi connectivity index (χ3v) is 2.45. The second-order valence-electron chi connectivity index (χ2n) is 4.17. The van der Waals surface area contributed by atoms with E-state index in [-0.39, 0.29) is 0 Å². The van der Waals surface area contributed by atoms with Crippen molar-refractivity contribution in [2.45, 2.75) is 49.1 Å². The summed E-state index contributed by atoms with van der Waals surface area (Å²) in [5.74, 6) is -26.9. The van der Waals surface area contributed by atoms with Gasteiger partial charge in [0.25, 0.3) is 0 Å². The summed E-state index contributed by atoms with van der Waals surface area (Å²) in [7, 11) is 0. The van der Waals surface area contributed by atoms with E-state index in [0.29, 0.717) is 0 Å². The van der Waals surface area contributed by atoms with Crippen molar-refractivity contribution >= 4 is 6.04 Å². The van der Waals surface area contributed by atoms with E-state index in [2.05, 4.69) is 0 Å². The molecule has 0 aliphatic carbocycles. The molecule has 13 heteroatoms. The summed E-state index contributed by atoms with van der Waals surface area (Å²) < 4.78 is 148. The average Bonchev–Trinajstić information content (AvgIpc) is 2.25. The Morgan fingerprint density at radius 1 is 0.682 bits per heavy atom. The Hall–Kier alpha value is -1.17. The second kappa shape index (κ2) is 5.80. The van der Waals surface area contributed by atoms with Gasteiger partial charge in [-0.1, -0.05) is 0 Å². The van der Waals surface area contributed by atoms with E-state index in [1.54, 1.807) is 0 Å². The molecule has 0 aliphatic heterocycles. The maximum absolute atomic E-state index is 12.9. The fourth-order valence-electron chi connectivity index (χ4n) is 1.22. The normalized spacial score (nSPS) is 15.1. The topological polar surface area (TPSA) is 17.1 Å². The summed E-state index contributed by atoms with van der Waals surface area (Å²) in [6.45, 7) is 0. The van der Waals surface area contributed by atoms with Gasteiger partial charge in [0.2, 0.25) is 0 Å². The molecule has 1 nitrogen and oxygen atoms in total. The van der Waals surface area contributed by atoms with Crippen LogP contribution >= 0.6 is 0 Å². The summed E-state index contributed by atoms with van der Waals surface area (Å²) in [4.78, 5) is 9.61. The molecule has 0 aliphatic rings. The van der Waals surface area contributed by atoms with Crippen molar-refractivity contribution in [3.63, 3.8) is 0 Å². The second-order valence-corrected chi connectivity index (χ2v) is 4.17. The molecular weight excluding hydrogens is 352 g/mol. The predicted molar refractivity (Wildman–Crippen MR) is 45.8 cm³/mol. The lowest BCUT2D eigenvalue weighted by molar-refractivity contribution is -0.359. The number of alkyl halides is 11. The van der Waals surface area contributed by atoms with Gasteiger partial charge < -0.3 is 0 Å². The maximum atomic E-state index is 12.9. The van der Waals surface area contributed by atoms with Crippen molar-refractivity contribution < 1.29 is 57.5 Å². The lowest BCUT2D eigenvalue weighted by atomic mass is 9.95. The molecule has 0 aromatic rings. The van der Waals surface area contributed by atoms with Gasteiger partial charge in [-0.05, 0) is 6.42 Å². The smallest absolute Gasteiger partial charge is 0.254 e. The molecule has 0 heterocycles. The van der Waals surface area contributed by atoms with Crippen LogP contribution in [0.15, 0.2) is 0 Å². The van der Waals surface area contributed by atoms with Crippen LogP contribution in [0.2, 0.25) is 0 Å². The highest BCUT2D eigenvalue weighted by Gasteiger charge is 2.82. The first-order valence-electron chi connectivity index (χ1n) is 5.18. The molecule has 22 heavy (non-hydrogen) atoms. The predicted octanol–water partition coefficient (Wildman–Crippen LogP) is 4.76. The van der Waals surface area contributed by atoms with Crippen LogP contribution in [0, 0.1) is 0 Å². The zero-order chi connectivity index (χ0) is 18.2. The largest absolute Gasteiger partial charge is 0.404 e. The fourth-order valence-corrected chi connectivity index (χ4v) is 1.22. The molecule has 0 bridgehead atoms. The van der Waals surface area contributed by atoms with Crippen LogP contribution in [0.25, 0.3) is 0 Å². The first-order chi connectivity index (χ1) is 9.40. The molecule has 0 aromatic carbocycles. The Balaban J connectivity index is 5.38. The van der Waals surface area contributed by atoms with Gasteiger partial charge in [-0.25, -0.2) is 0 Å². The molecule has 0 saturated heterocycles. The lowest BCUT2D eigenvalue weighted by Gasteiger charge is -2.35. The number of hydrogen-bond donors (Lipinski definition) is 0. The fraction of sp³-hybridized carbons (Fsp3) is 0.889. The SMILES string of the molecule is O=C(F)C(F)(F)C(F)(F)C(F)(F)C(F)(F)CCCC(F)(F)F. The molecule has 0 saturated carbocycles. The molecule has 0 aromatic heterocycles. The van der Waals surface area contributed by atoms with Gasteiger partial charge >= 0.3 is 35.9 Å². The minimum absolute atomic E-state index is 1.78. The third kappa shape index (κ3) is 3.77. The zero-order valence-electron chi connectivity index (χ0n) is 10.1. The van der Waals surface area contributed by atoms with Crippen LogP contribution < -0.4 is 0 Å². The van der Waals surface area contributed by atoms with Gasteiger partial charge in [0.1, 0.15) is 0 Å². The van der Waals surface area contributed by atoms with E-state index >= 15 is 0 Å². The number of halogens is 12.